The summed E-state index contributed by atoms with van der Waals surface area (Å²) in [4.78, 5) is 4.09. The minimum Gasteiger partial charge on any atom is -0.396 e. The van der Waals surface area contributed by atoms with Crippen molar-refractivity contribution < 1.29 is 13.9 Å². The minimum atomic E-state index is -0.829. The van der Waals surface area contributed by atoms with Gasteiger partial charge >= 0.3 is 0 Å². The number of rotatable bonds is 5. The Morgan fingerprint density at radius 1 is 1.14 bits per heavy atom. The van der Waals surface area contributed by atoms with Crippen LogP contribution >= 0.6 is 0 Å². The molecule has 0 aliphatic carbocycles. The highest BCUT2D eigenvalue weighted by Crippen LogP contribution is 2.36. The van der Waals surface area contributed by atoms with E-state index in [-0.39, 0.29) is 18.6 Å². The molecule has 0 aliphatic rings. The smallest absolute Gasteiger partial charge is 0.129 e. The van der Waals surface area contributed by atoms with Gasteiger partial charge in [0.15, 0.2) is 0 Å². The molecule has 0 bridgehead atoms. The summed E-state index contributed by atoms with van der Waals surface area (Å²) in [5, 5.41) is 18.6. The summed E-state index contributed by atoms with van der Waals surface area (Å²) in [5.74, 6) is -3.06. The van der Waals surface area contributed by atoms with Crippen molar-refractivity contribution in [3.05, 3.63) is 65.5 Å². The Morgan fingerprint density at radius 2 is 1.86 bits per heavy atom. The van der Waals surface area contributed by atoms with Crippen molar-refractivity contribution in [1.82, 2.24) is 4.98 Å². The van der Waals surface area contributed by atoms with E-state index < -0.39 is 23.5 Å². The molecule has 0 spiro atoms. The van der Waals surface area contributed by atoms with Crippen LogP contribution in [-0.2, 0) is 0 Å². The highest BCUT2D eigenvalue weighted by atomic mass is 19.1. The lowest BCUT2D eigenvalue weighted by Crippen LogP contribution is -2.16. The topological polar surface area (TPSA) is 56.9 Å². The Labute approximate surface area is 121 Å². The second kappa shape index (κ2) is 6.91. The normalized spacial score (nSPS) is 13.4. The van der Waals surface area contributed by atoms with Crippen LogP contribution in [0, 0.1) is 23.0 Å². The van der Waals surface area contributed by atoms with Gasteiger partial charge < -0.3 is 5.11 Å². The zero-order valence-electron chi connectivity index (χ0n) is 11.2. The average Bonchev–Trinajstić information content (AvgIpc) is 2.49. The molecule has 2 atom stereocenters. The van der Waals surface area contributed by atoms with Gasteiger partial charge in [-0.05, 0) is 30.7 Å². The minimum absolute atomic E-state index is 0.0760. The molecule has 0 fully saturated rings. The van der Waals surface area contributed by atoms with Crippen LogP contribution in [0.4, 0.5) is 8.78 Å². The summed E-state index contributed by atoms with van der Waals surface area (Å²) < 4.78 is 28.0. The van der Waals surface area contributed by atoms with E-state index in [0.717, 1.165) is 12.1 Å². The molecule has 0 saturated heterocycles. The molecule has 108 valence electrons. The molecule has 2 rings (SSSR count). The first kappa shape index (κ1) is 15.1. The third-order valence-corrected chi connectivity index (χ3v) is 3.36. The summed E-state index contributed by atoms with van der Waals surface area (Å²) in [5.41, 5.74) is 0.254. The summed E-state index contributed by atoms with van der Waals surface area (Å²) in [6.07, 6.45) is 1.60. The predicted molar refractivity (Wildman–Crippen MR) is 73.4 cm³/mol. The van der Waals surface area contributed by atoms with Crippen LogP contribution in [0.1, 0.15) is 29.5 Å². The van der Waals surface area contributed by atoms with Crippen molar-refractivity contribution in [2.24, 2.45) is 0 Å². The van der Waals surface area contributed by atoms with E-state index in [2.05, 4.69) is 4.98 Å². The summed E-state index contributed by atoms with van der Waals surface area (Å²) >= 11 is 0. The van der Waals surface area contributed by atoms with Crippen molar-refractivity contribution in [1.29, 1.82) is 5.26 Å². The highest BCUT2D eigenvalue weighted by Gasteiger charge is 2.30. The average molecular weight is 288 g/mol. The van der Waals surface area contributed by atoms with E-state index in [1.807, 2.05) is 6.07 Å². The second-order valence-corrected chi connectivity index (χ2v) is 4.62. The molecule has 5 heteroatoms. The van der Waals surface area contributed by atoms with Crippen LogP contribution in [0.25, 0.3) is 0 Å². The van der Waals surface area contributed by atoms with Gasteiger partial charge in [-0.3, -0.25) is 4.98 Å². The molecule has 0 unspecified atom stereocenters. The lowest BCUT2D eigenvalue weighted by molar-refractivity contribution is 0.268. The SMILES string of the molecule is N#C[C@@H](c1ccccn1)[C@@H](CCO)c1c(F)cccc1F. The fourth-order valence-corrected chi connectivity index (χ4v) is 2.40. The molecular weight excluding hydrogens is 274 g/mol. The molecule has 1 N–H and O–H groups in total. The van der Waals surface area contributed by atoms with Gasteiger partial charge in [-0.1, -0.05) is 12.1 Å². The number of pyridine rings is 1. The standard InChI is InChI=1S/C16H14F2N2O/c17-13-4-3-5-14(18)16(13)11(7-9-21)12(10-19)15-6-1-2-8-20-15/h1-6,8,11-12,21H,7,9H2/t11-,12-/m1/s1. The monoisotopic (exact) mass is 288 g/mol. The molecule has 0 radical (unpaired) electrons. The van der Waals surface area contributed by atoms with Crippen LogP contribution in [0.15, 0.2) is 42.6 Å². The van der Waals surface area contributed by atoms with E-state index in [1.165, 1.54) is 12.3 Å². The van der Waals surface area contributed by atoms with E-state index >= 15 is 0 Å². The number of nitrogens with zero attached hydrogens (tertiary/aromatic N) is 2. The lowest BCUT2D eigenvalue weighted by atomic mass is 9.82. The molecule has 1 heterocycles. The van der Waals surface area contributed by atoms with Crippen molar-refractivity contribution in [3.63, 3.8) is 0 Å². The Bertz CT molecular complexity index is 620. The first-order valence-electron chi connectivity index (χ1n) is 6.54. The highest BCUT2D eigenvalue weighted by molar-refractivity contribution is 5.31. The van der Waals surface area contributed by atoms with Crippen molar-refractivity contribution >= 4 is 0 Å². The van der Waals surface area contributed by atoms with Gasteiger partial charge in [0.05, 0.1) is 17.7 Å². The van der Waals surface area contributed by atoms with Gasteiger partial charge in [0, 0.05) is 24.3 Å². The Balaban J connectivity index is 2.50. The van der Waals surface area contributed by atoms with Crippen LogP contribution in [0.3, 0.4) is 0 Å². The first-order valence-corrected chi connectivity index (χ1v) is 6.54. The van der Waals surface area contributed by atoms with Gasteiger partial charge in [-0.25, -0.2) is 8.78 Å². The fourth-order valence-electron chi connectivity index (χ4n) is 2.40. The molecule has 0 aliphatic heterocycles. The van der Waals surface area contributed by atoms with Gasteiger partial charge in [0.25, 0.3) is 0 Å². The quantitative estimate of drug-likeness (QED) is 0.919. The van der Waals surface area contributed by atoms with E-state index in [0.29, 0.717) is 5.69 Å². The molecule has 21 heavy (non-hydrogen) atoms. The van der Waals surface area contributed by atoms with Crippen LogP contribution < -0.4 is 0 Å². The zero-order valence-corrected chi connectivity index (χ0v) is 11.2. The number of aliphatic hydroxyl groups is 1. The Morgan fingerprint density at radius 3 is 2.38 bits per heavy atom. The first-order chi connectivity index (χ1) is 10.2. The molecule has 0 saturated carbocycles. The van der Waals surface area contributed by atoms with E-state index in [9.17, 15) is 19.1 Å². The predicted octanol–water partition coefficient (Wildman–Crippen LogP) is 3.13. The number of aromatic nitrogens is 1. The maximum Gasteiger partial charge on any atom is 0.129 e. The third kappa shape index (κ3) is 3.23. The number of halogens is 2. The fraction of sp³-hybridized carbons (Fsp3) is 0.250. The number of hydrogen-bond donors (Lipinski definition) is 1. The van der Waals surface area contributed by atoms with E-state index in [1.54, 1.807) is 18.2 Å². The zero-order chi connectivity index (χ0) is 15.2. The molecule has 3 nitrogen and oxygen atoms in total. The number of aliphatic hydroxyl groups excluding tert-OH is 1. The van der Waals surface area contributed by atoms with Crippen LogP contribution in [0.5, 0.6) is 0 Å². The van der Waals surface area contributed by atoms with Crippen molar-refractivity contribution in [3.8, 4) is 6.07 Å². The summed E-state index contributed by atoms with van der Waals surface area (Å²) in [6, 6.07) is 10.7. The van der Waals surface area contributed by atoms with Crippen molar-refractivity contribution in [2.75, 3.05) is 6.61 Å². The molecular formula is C16H14F2N2O. The van der Waals surface area contributed by atoms with Crippen molar-refractivity contribution in [2.45, 2.75) is 18.3 Å². The maximum atomic E-state index is 14.0. The third-order valence-electron chi connectivity index (χ3n) is 3.36. The molecule has 0 amide bonds. The Hall–Kier alpha value is -2.32. The number of benzene rings is 1. The molecule has 1 aromatic carbocycles. The molecule has 2 aromatic rings. The van der Waals surface area contributed by atoms with E-state index in [4.69, 9.17) is 0 Å². The van der Waals surface area contributed by atoms with Crippen LogP contribution in [0.2, 0.25) is 0 Å². The second-order valence-electron chi connectivity index (χ2n) is 4.62. The van der Waals surface area contributed by atoms with Gasteiger partial charge in [-0.15, -0.1) is 0 Å². The Kier molecular flexibility index (Phi) is 4.96. The largest absolute Gasteiger partial charge is 0.396 e. The summed E-state index contributed by atoms with van der Waals surface area (Å²) in [6.45, 7) is -0.274. The van der Waals surface area contributed by atoms with Gasteiger partial charge in [0.2, 0.25) is 0 Å². The summed E-state index contributed by atoms with van der Waals surface area (Å²) in [7, 11) is 0. The number of hydrogen-bond acceptors (Lipinski definition) is 3. The number of nitriles is 1. The van der Waals surface area contributed by atoms with Crippen LogP contribution in [-0.4, -0.2) is 16.7 Å². The van der Waals surface area contributed by atoms with Gasteiger partial charge in [0.1, 0.15) is 11.6 Å². The molecule has 1 aromatic heterocycles. The lowest BCUT2D eigenvalue weighted by Gasteiger charge is -2.22. The maximum absolute atomic E-state index is 14.0. The van der Waals surface area contributed by atoms with Gasteiger partial charge in [-0.2, -0.15) is 5.26 Å².